The molecule has 0 aliphatic carbocycles. The molecule has 0 radical (unpaired) electrons. The second-order valence-corrected chi connectivity index (χ2v) is 5.36. The smallest absolute Gasteiger partial charge is 0.0591 e. The van der Waals surface area contributed by atoms with Crippen molar-refractivity contribution in [3.8, 4) is 0 Å². The van der Waals surface area contributed by atoms with Gasteiger partial charge in [0.1, 0.15) is 0 Å². The molecule has 1 heteroatoms. The number of aryl methyl sites for hydroxylation is 2. The first kappa shape index (κ1) is 13.2. The van der Waals surface area contributed by atoms with Gasteiger partial charge in [0.15, 0.2) is 0 Å². The van der Waals surface area contributed by atoms with Crippen molar-refractivity contribution in [3.05, 3.63) is 35.4 Å². The average Bonchev–Trinajstić information content (AvgIpc) is 2.15. The molecule has 0 aromatic heterocycles. The first-order chi connectivity index (χ1) is 7.47. The Hall–Kier alpha value is -0.820. The van der Waals surface area contributed by atoms with Crippen LogP contribution in [0.3, 0.4) is 0 Å². The van der Waals surface area contributed by atoms with Gasteiger partial charge in [-0.05, 0) is 45.6 Å². The Morgan fingerprint density at radius 1 is 1.12 bits per heavy atom. The topological polar surface area (TPSA) is 20.2 Å². The van der Waals surface area contributed by atoms with E-state index in [9.17, 15) is 5.11 Å². The van der Waals surface area contributed by atoms with Crippen LogP contribution in [-0.4, -0.2) is 10.7 Å². The highest BCUT2D eigenvalue weighted by Crippen LogP contribution is 2.15. The highest BCUT2D eigenvalue weighted by molar-refractivity contribution is 5.22. The Bertz CT molecular complexity index is 309. The predicted molar refractivity (Wildman–Crippen MR) is 69.6 cm³/mol. The maximum atomic E-state index is 9.57. The summed E-state index contributed by atoms with van der Waals surface area (Å²) >= 11 is 0. The fourth-order valence-electron chi connectivity index (χ4n) is 1.93. The second-order valence-electron chi connectivity index (χ2n) is 5.36. The second kappa shape index (κ2) is 6.05. The van der Waals surface area contributed by atoms with Gasteiger partial charge in [0.05, 0.1) is 5.60 Å². The van der Waals surface area contributed by atoms with E-state index in [1.165, 1.54) is 24.0 Å². The van der Waals surface area contributed by atoms with E-state index < -0.39 is 5.60 Å². The third kappa shape index (κ3) is 5.92. The van der Waals surface area contributed by atoms with Crippen LogP contribution in [0.2, 0.25) is 0 Å². The lowest BCUT2D eigenvalue weighted by molar-refractivity contribution is 0.0681. The number of hydrogen-bond acceptors (Lipinski definition) is 1. The quantitative estimate of drug-likeness (QED) is 0.722. The van der Waals surface area contributed by atoms with E-state index in [0.29, 0.717) is 0 Å². The fraction of sp³-hybridized carbons (Fsp3) is 0.600. The molecular formula is C15H24O. The lowest BCUT2D eigenvalue weighted by Gasteiger charge is -2.16. The molecule has 16 heavy (non-hydrogen) atoms. The summed E-state index contributed by atoms with van der Waals surface area (Å²) < 4.78 is 0. The van der Waals surface area contributed by atoms with Crippen molar-refractivity contribution in [2.75, 3.05) is 0 Å². The van der Waals surface area contributed by atoms with E-state index in [2.05, 4.69) is 31.2 Å². The molecule has 0 amide bonds. The van der Waals surface area contributed by atoms with Crippen molar-refractivity contribution in [3.63, 3.8) is 0 Å². The minimum absolute atomic E-state index is 0.497. The summed E-state index contributed by atoms with van der Waals surface area (Å²) in [5.74, 6) is 0. The van der Waals surface area contributed by atoms with Gasteiger partial charge in [-0.1, -0.05) is 42.7 Å². The Morgan fingerprint density at radius 2 is 1.88 bits per heavy atom. The molecule has 0 heterocycles. The van der Waals surface area contributed by atoms with E-state index in [4.69, 9.17) is 0 Å². The van der Waals surface area contributed by atoms with Crippen molar-refractivity contribution in [2.45, 2.75) is 58.5 Å². The van der Waals surface area contributed by atoms with Gasteiger partial charge in [0.2, 0.25) is 0 Å². The summed E-state index contributed by atoms with van der Waals surface area (Å²) in [5, 5.41) is 9.57. The fourth-order valence-corrected chi connectivity index (χ4v) is 1.93. The first-order valence-corrected chi connectivity index (χ1v) is 6.25. The number of unbranched alkanes of at least 4 members (excludes halogenated alkanes) is 2. The number of aliphatic hydroxyl groups is 1. The molecule has 1 N–H and O–H groups in total. The van der Waals surface area contributed by atoms with Crippen LogP contribution < -0.4 is 0 Å². The number of rotatable bonds is 6. The number of benzene rings is 1. The molecule has 0 bridgehead atoms. The van der Waals surface area contributed by atoms with E-state index >= 15 is 0 Å². The van der Waals surface area contributed by atoms with Crippen LogP contribution >= 0.6 is 0 Å². The van der Waals surface area contributed by atoms with Crippen LogP contribution in [0, 0.1) is 6.92 Å². The molecule has 0 saturated carbocycles. The Morgan fingerprint density at radius 3 is 2.50 bits per heavy atom. The lowest BCUT2D eigenvalue weighted by Crippen LogP contribution is -2.17. The monoisotopic (exact) mass is 220 g/mol. The lowest BCUT2D eigenvalue weighted by atomic mass is 9.99. The molecular weight excluding hydrogens is 196 g/mol. The van der Waals surface area contributed by atoms with Gasteiger partial charge in [-0.3, -0.25) is 0 Å². The zero-order chi connectivity index (χ0) is 12.0. The van der Waals surface area contributed by atoms with Crippen LogP contribution in [0.15, 0.2) is 24.3 Å². The van der Waals surface area contributed by atoms with Crippen LogP contribution in [0.4, 0.5) is 0 Å². The molecule has 0 aliphatic rings. The minimum Gasteiger partial charge on any atom is -0.390 e. The Labute approximate surface area is 99.5 Å². The zero-order valence-electron chi connectivity index (χ0n) is 10.8. The predicted octanol–water partition coefficient (Wildman–Crippen LogP) is 3.87. The van der Waals surface area contributed by atoms with E-state index in [1.807, 2.05) is 13.8 Å². The standard InChI is InChI=1S/C15H24O/c1-13-8-7-10-14(12-13)9-5-4-6-11-15(2,3)16/h7-8,10,12,16H,4-6,9,11H2,1-3H3. The van der Waals surface area contributed by atoms with Gasteiger partial charge in [-0.2, -0.15) is 0 Å². The highest BCUT2D eigenvalue weighted by atomic mass is 16.3. The summed E-state index contributed by atoms with van der Waals surface area (Å²) in [6.45, 7) is 5.90. The molecule has 90 valence electrons. The molecule has 1 aromatic rings. The van der Waals surface area contributed by atoms with Crippen LogP contribution in [0.5, 0.6) is 0 Å². The normalized spacial score (nSPS) is 11.8. The maximum Gasteiger partial charge on any atom is 0.0591 e. The van der Waals surface area contributed by atoms with Crippen LogP contribution in [0.1, 0.15) is 50.7 Å². The minimum atomic E-state index is -0.497. The van der Waals surface area contributed by atoms with Crippen molar-refractivity contribution >= 4 is 0 Å². The highest BCUT2D eigenvalue weighted by Gasteiger charge is 2.10. The molecule has 0 atom stereocenters. The molecule has 1 nitrogen and oxygen atoms in total. The van der Waals surface area contributed by atoms with Crippen LogP contribution in [0.25, 0.3) is 0 Å². The largest absolute Gasteiger partial charge is 0.390 e. The average molecular weight is 220 g/mol. The Kier molecular flexibility index (Phi) is 5.01. The molecule has 0 fully saturated rings. The van der Waals surface area contributed by atoms with Gasteiger partial charge < -0.3 is 5.11 Å². The van der Waals surface area contributed by atoms with Crippen molar-refractivity contribution in [1.82, 2.24) is 0 Å². The van der Waals surface area contributed by atoms with E-state index in [1.54, 1.807) is 0 Å². The van der Waals surface area contributed by atoms with Gasteiger partial charge in [0.25, 0.3) is 0 Å². The first-order valence-electron chi connectivity index (χ1n) is 6.25. The van der Waals surface area contributed by atoms with Crippen molar-refractivity contribution in [2.24, 2.45) is 0 Å². The Balaban J connectivity index is 2.17. The molecule has 0 spiro atoms. The summed E-state index contributed by atoms with van der Waals surface area (Å²) in [5.41, 5.74) is 2.28. The van der Waals surface area contributed by atoms with Crippen molar-refractivity contribution in [1.29, 1.82) is 0 Å². The SMILES string of the molecule is Cc1cccc(CCCCCC(C)(C)O)c1. The molecule has 0 saturated heterocycles. The van der Waals surface area contributed by atoms with E-state index in [-0.39, 0.29) is 0 Å². The molecule has 0 aliphatic heterocycles. The summed E-state index contributed by atoms with van der Waals surface area (Å²) in [4.78, 5) is 0. The van der Waals surface area contributed by atoms with Crippen LogP contribution in [-0.2, 0) is 6.42 Å². The van der Waals surface area contributed by atoms with E-state index in [0.717, 1.165) is 19.3 Å². The summed E-state index contributed by atoms with van der Waals surface area (Å²) in [7, 11) is 0. The summed E-state index contributed by atoms with van der Waals surface area (Å²) in [6.07, 6.45) is 5.61. The van der Waals surface area contributed by atoms with Gasteiger partial charge in [-0.15, -0.1) is 0 Å². The van der Waals surface area contributed by atoms with Crippen molar-refractivity contribution < 1.29 is 5.11 Å². The zero-order valence-corrected chi connectivity index (χ0v) is 10.8. The third-order valence-electron chi connectivity index (χ3n) is 2.84. The van der Waals surface area contributed by atoms with Gasteiger partial charge >= 0.3 is 0 Å². The number of hydrogen-bond donors (Lipinski definition) is 1. The molecule has 1 aromatic carbocycles. The molecule has 0 unspecified atom stereocenters. The third-order valence-corrected chi connectivity index (χ3v) is 2.84. The molecule has 1 rings (SSSR count). The maximum absolute atomic E-state index is 9.57. The van der Waals surface area contributed by atoms with Gasteiger partial charge in [-0.25, -0.2) is 0 Å². The van der Waals surface area contributed by atoms with Gasteiger partial charge in [0, 0.05) is 0 Å². The summed E-state index contributed by atoms with van der Waals surface area (Å²) in [6, 6.07) is 8.72.